The second-order valence-corrected chi connectivity index (χ2v) is 9.13. The predicted octanol–water partition coefficient (Wildman–Crippen LogP) is 4.44. The van der Waals surface area contributed by atoms with Gasteiger partial charge in [-0.1, -0.05) is 35.9 Å². The van der Waals surface area contributed by atoms with E-state index >= 15 is 0 Å². The molecule has 30 heavy (non-hydrogen) atoms. The van der Waals surface area contributed by atoms with E-state index in [0.717, 1.165) is 30.6 Å². The molecule has 5 rings (SSSR count). The summed E-state index contributed by atoms with van der Waals surface area (Å²) in [6.45, 7) is 1.42. The predicted molar refractivity (Wildman–Crippen MR) is 118 cm³/mol. The van der Waals surface area contributed by atoms with Crippen molar-refractivity contribution in [1.29, 1.82) is 0 Å². The number of thiophene rings is 1. The quantitative estimate of drug-likeness (QED) is 0.590. The molecule has 1 fully saturated rings. The van der Waals surface area contributed by atoms with Gasteiger partial charge in [0, 0.05) is 36.0 Å². The Balaban J connectivity index is 1.45. The number of benzene rings is 1. The Morgan fingerprint density at radius 1 is 1.07 bits per heavy atom. The fourth-order valence-corrected chi connectivity index (χ4v) is 5.13. The molecule has 1 saturated carbocycles. The molecule has 1 aliphatic carbocycles. The minimum atomic E-state index is -0.257. The molecule has 154 valence electrons. The maximum absolute atomic E-state index is 13.5. The van der Waals surface area contributed by atoms with Crippen molar-refractivity contribution < 1.29 is 9.59 Å². The van der Waals surface area contributed by atoms with Crippen LogP contribution in [0.25, 0.3) is 0 Å². The van der Waals surface area contributed by atoms with Gasteiger partial charge in [0.25, 0.3) is 5.91 Å². The standard InChI is InChI=1S/C23H22ClN3O2S/c24-18-6-2-1-5-17(18)22-19-7-3-11-25(19)12-13-26(22)21(28)15-27(16-9-10-16)23(29)20-8-4-14-30-20/h1-8,11,14,16,22H,9-10,12-13,15H2. The molecule has 1 aliphatic heterocycles. The lowest BCUT2D eigenvalue weighted by molar-refractivity contribution is -0.134. The third-order valence-electron chi connectivity index (χ3n) is 5.84. The van der Waals surface area contributed by atoms with Crippen molar-refractivity contribution in [2.24, 2.45) is 0 Å². The number of nitrogens with zero attached hydrogens (tertiary/aromatic N) is 3. The van der Waals surface area contributed by atoms with Crippen LogP contribution in [-0.2, 0) is 11.3 Å². The van der Waals surface area contributed by atoms with Crippen molar-refractivity contribution in [3.05, 3.63) is 81.3 Å². The second kappa shape index (κ2) is 7.93. The van der Waals surface area contributed by atoms with E-state index in [0.29, 0.717) is 16.4 Å². The minimum absolute atomic E-state index is 0.0378. The zero-order valence-electron chi connectivity index (χ0n) is 16.4. The molecule has 0 radical (unpaired) electrons. The highest BCUT2D eigenvalue weighted by Gasteiger charge is 2.38. The van der Waals surface area contributed by atoms with E-state index in [1.54, 1.807) is 4.90 Å². The van der Waals surface area contributed by atoms with Crippen LogP contribution in [-0.4, -0.2) is 45.3 Å². The number of carbonyl (C=O) groups excluding carboxylic acids is 2. The number of rotatable bonds is 5. The van der Waals surface area contributed by atoms with Gasteiger partial charge in [0.05, 0.1) is 10.9 Å². The highest BCUT2D eigenvalue weighted by atomic mass is 35.5. The lowest BCUT2D eigenvalue weighted by Crippen LogP contribution is -2.48. The molecule has 2 aromatic heterocycles. The molecule has 2 aliphatic rings. The fourth-order valence-electron chi connectivity index (χ4n) is 4.21. The largest absolute Gasteiger partial charge is 0.348 e. The SMILES string of the molecule is O=C(c1cccs1)N(CC(=O)N1CCn2cccc2C1c1ccccc1Cl)C1CC1. The molecular formula is C23H22ClN3O2S. The first-order chi connectivity index (χ1) is 14.6. The van der Waals surface area contributed by atoms with E-state index in [-0.39, 0.29) is 30.4 Å². The maximum Gasteiger partial charge on any atom is 0.264 e. The first kappa shape index (κ1) is 19.4. The van der Waals surface area contributed by atoms with Gasteiger partial charge in [-0.3, -0.25) is 9.59 Å². The van der Waals surface area contributed by atoms with E-state index in [9.17, 15) is 9.59 Å². The number of hydrogen-bond donors (Lipinski definition) is 0. The van der Waals surface area contributed by atoms with Crippen LogP contribution in [0.1, 0.15) is 39.8 Å². The van der Waals surface area contributed by atoms with Crippen molar-refractivity contribution in [2.75, 3.05) is 13.1 Å². The van der Waals surface area contributed by atoms with Gasteiger partial charge in [-0.05, 0) is 48.1 Å². The molecule has 0 spiro atoms. The molecule has 0 bridgehead atoms. The fraction of sp³-hybridized carbons (Fsp3) is 0.304. The number of aromatic nitrogens is 1. The summed E-state index contributed by atoms with van der Waals surface area (Å²) in [6, 6.07) is 15.3. The molecule has 0 N–H and O–H groups in total. The Bertz CT molecular complexity index is 1070. The highest BCUT2D eigenvalue weighted by molar-refractivity contribution is 7.12. The molecule has 3 heterocycles. The van der Waals surface area contributed by atoms with Crippen molar-refractivity contribution >= 4 is 34.8 Å². The smallest absolute Gasteiger partial charge is 0.264 e. The highest BCUT2D eigenvalue weighted by Crippen LogP contribution is 2.37. The third kappa shape index (κ3) is 3.55. The zero-order valence-corrected chi connectivity index (χ0v) is 18.0. The maximum atomic E-state index is 13.5. The summed E-state index contributed by atoms with van der Waals surface area (Å²) in [7, 11) is 0. The van der Waals surface area contributed by atoms with Crippen LogP contribution in [0.2, 0.25) is 5.02 Å². The van der Waals surface area contributed by atoms with Crippen LogP contribution in [0.4, 0.5) is 0 Å². The lowest BCUT2D eigenvalue weighted by Gasteiger charge is -2.38. The molecule has 1 atom stereocenters. The Kier molecular flexibility index (Phi) is 5.13. The first-order valence-corrected chi connectivity index (χ1v) is 11.4. The molecule has 5 nitrogen and oxygen atoms in total. The van der Waals surface area contributed by atoms with Crippen LogP contribution in [0.15, 0.2) is 60.1 Å². The molecule has 3 aromatic rings. The summed E-state index contributed by atoms with van der Waals surface area (Å²) < 4.78 is 2.17. The lowest BCUT2D eigenvalue weighted by atomic mass is 9.99. The van der Waals surface area contributed by atoms with Crippen LogP contribution in [0, 0.1) is 0 Å². The number of amides is 2. The summed E-state index contributed by atoms with van der Waals surface area (Å²) in [5, 5.41) is 2.54. The van der Waals surface area contributed by atoms with Crippen LogP contribution < -0.4 is 0 Å². The summed E-state index contributed by atoms with van der Waals surface area (Å²) in [6.07, 6.45) is 3.96. The molecule has 7 heteroatoms. The monoisotopic (exact) mass is 439 g/mol. The van der Waals surface area contributed by atoms with Crippen LogP contribution >= 0.6 is 22.9 Å². The Morgan fingerprint density at radius 3 is 2.63 bits per heavy atom. The Hall–Kier alpha value is -2.57. The Labute approximate surface area is 184 Å². The minimum Gasteiger partial charge on any atom is -0.348 e. The van der Waals surface area contributed by atoms with Crippen LogP contribution in [0.3, 0.4) is 0 Å². The topological polar surface area (TPSA) is 45.6 Å². The van der Waals surface area contributed by atoms with E-state index < -0.39 is 0 Å². The Morgan fingerprint density at radius 2 is 1.90 bits per heavy atom. The van der Waals surface area contributed by atoms with E-state index in [2.05, 4.69) is 4.57 Å². The van der Waals surface area contributed by atoms with E-state index in [1.807, 2.05) is 65.0 Å². The third-order valence-corrected chi connectivity index (χ3v) is 7.05. The van der Waals surface area contributed by atoms with Crippen molar-refractivity contribution in [2.45, 2.75) is 31.5 Å². The number of halogens is 1. The normalized spacial score (nSPS) is 18.2. The number of carbonyl (C=O) groups is 2. The average Bonchev–Trinajstić information content (AvgIpc) is 3.24. The molecule has 2 amide bonds. The second-order valence-electron chi connectivity index (χ2n) is 7.78. The summed E-state index contributed by atoms with van der Waals surface area (Å²) in [4.78, 5) is 30.9. The van der Waals surface area contributed by atoms with Crippen LogP contribution in [0.5, 0.6) is 0 Å². The average molecular weight is 440 g/mol. The van der Waals surface area contributed by atoms with Gasteiger partial charge in [0.1, 0.15) is 6.54 Å². The van der Waals surface area contributed by atoms with Gasteiger partial charge in [-0.25, -0.2) is 0 Å². The van der Waals surface area contributed by atoms with Gasteiger partial charge in [0.15, 0.2) is 0 Å². The first-order valence-electron chi connectivity index (χ1n) is 10.2. The van der Waals surface area contributed by atoms with Gasteiger partial charge in [-0.2, -0.15) is 0 Å². The van der Waals surface area contributed by atoms with Gasteiger partial charge in [-0.15, -0.1) is 11.3 Å². The molecule has 0 saturated heterocycles. The number of hydrogen-bond acceptors (Lipinski definition) is 3. The van der Waals surface area contributed by atoms with Crippen molar-refractivity contribution in [3.63, 3.8) is 0 Å². The van der Waals surface area contributed by atoms with Crippen molar-refractivity contribution in [1.82, 2.24) is 14.4 Å². The van der Waals surface area contributed by atoms with E-state index in [4.69, 9.17) is 11.6 Å². The molecule has 1 aromatic carbocycles. The van der Waals surface area contributed by atoms with Gasteiger partial charge >= 0.3 is 0 Å². The van der Waals surface area contributed by atoms with Crippen molar-refractivity contribution in [3.8, 4) is 0 Å². The summed E-state index contributed by atoms with van der Waals surface area (Å²) in [5.41, 5.74) is 1.96. The molecule has 1 unspecified atom stereocenters. The van der Waals surface area contributed by atoms with Gasteiger partial charge in [0.2, 0.25) is 5.91 Å². The summed E-state index contributed by atoms with van der Waals surface area (Å²) >= 11 is 7.96. The van der Waals surface area contributed by atoms with Gasteiger partial charge < -0.3 is 14.4 Å². The molecular weight excluding hydrogens is 418 g/mol. The summed E-state index contributed by atoms with van der Waals surface area (Å²) in [5.74, 6) is -0.0836. The van der Waals surface area contributed by atoms with E-state index in [1.165, 1.54) is 11.3 Å². The number of fused-ring (bicyclic) bond motifs is 1. The zero-order chi connectivity index (χ0) is 20.7.